The van der Waals surface area contributed by atoms with Crippen molar-refractivity contribution in [1.29, 1.82) is 0 Å². The van der Waals surface area contributed by atoms with Crippen molar-refractivity contribution >= 4 is 23.6 Å². The van der Waals surface area contributed by atoms with E-state index in [-0.39, 0.29) is 12.3 Å². The number of carbonyl (C=O) groups excluding carboxylic acids is 1. The summed E-state index contributed by atoms with van der Waals surface area (Å²) in [6.07, 6.45) is 3.17. The first-order chi connectivity index (χ1) is 8.18. The topological polar surface area (TPSA) is 88.3 Å². The average molecular weight is 256 g/mol. The summed E-state index contributed by atoms with van der Waals surface area (Å²) in [4.78, 5) is 27.9. The molecule has 0 radical (unpaired) electrons. The number of hydrogen-bond donors (Lipinski definition) is 1. The normalized spacial score (nSPS) is 19.5. The number of nitrogens with zero attached hydrogens (tertiary/aromatic N) is 4. The van der Waals surface area contributed by atoms with Gasteiger partial charge in [-0.05, 0) is 0 Å². The molecule has 2 heterocycles. The molecule has 7 nitrogen and oxygen atoms in total. The zero-order valence-corrected chi connectivity index (χ0v) is 9.84. The Labute approximate surface area is 102 Å². The molecule has 1 aliphatic rings. The summed E-state index contributed by atoms with van der Waals surface area (Å²) < 4.78 is 1.55. The van der Waals surface area contributed by atoms with E-state index in [4.69, 9.17) is 5.11 Å². The van der Waals surface area contributed by atoms with Crippen LogP contribution in [-0.4, -0.2) is 54.3 Å². The van der Waals surface area contributed by atoms with Crippen LogP contribution in [0.25, 0.3) is 0 Å². The first-order valence-corrected chi connectivity index (χ1v) is 6.26. The molecule has 0 aliphatic carbocycles. The Bertz CT molecular complexity index is 408. The Morgan fingerprint density at radius 2 is 2.35 bits per heavy atom. The summed E-state index contributed by atoms with van der Waals surface area (Å²) in [6, 6.07) is -0.691. The number of rotatable bonds is 4. The number of carboxylic acids is 1. The maximum atomic E-state index is 11.8. The van der Waals surface area contributed by atoms with Gasteiger partial charge in [0, 0.05) is 12.2 Å². The van der Waals surface area contributed by atoms with Crippen molar-refractivity contribution in [2.24, 2.45) is 0 Å². The Morgan fingerprint density at radius 1 is 1.53 bits per heavy atom. The monoisotopic (exact) mass is 256 g/mol. The van der Waals surface area contributed by atoms with E-state index >= 15 is 0 Å². The Balaban J connectivity index is 1.89. The first kappa shape index (κ1) is 11.9. The minimum atomic E-state index is -0.941. The van der Waals surface area contributed by atoms with E-state index in [1.807, 2.05) is 0 Å². The number of aromatic nitrogens is 3. The van der Waals surface area contributed by atoms with Gasteiger partial charge in [0.25, 0.3) is 0 Å². The van der Waals surface area contributed by atoms with Crippen molar-refractivity contribution in [1.82, 2.24) is 19.7 Å². The highest BCUT2D eigenvalue weighted by molar-refractivity contribution is 7.99. The van der Waals surface area contributed by atoms with Crippen molar-refractivity contribution in [2.75, 3.05) is 11.6 Å². The summed E-state index contributed by atoms with van der Waals surface area (Å²) >= 11 is 1.46. The molecule has 1 atom stereocenters. The number of hydrogen-bond acceptors (Lipinski definition) is 5. The molecule has 0 spiro atoms. The highest BCUT2D eigenvalue weighted by atomic mass is 32.2. The van der Waals surface area contributed by atoms with Gasteiger partial charge in [-0.3, -0.25) is 9.48 Å². The smallest absolute Gasteiger partial charge is 0.327 e. The van der Waals surface area contributed by atoms with E-state index in [1.165, 1.54) is 29.3 Å². The van der Waals surface area contributed by atoms with E-state index in [9.17, 15) is 9.59 Å². The molecule has 1 N–H and O–H groups in total. The molecule has 1 aliphatic heterocycles. The summed E-state index contributed by atoms with van der Waals surface area (Å²) in [5, 5.41) is 12.8. The van der Waals surface area contributed by atoms with Gasteiger partial charge in [-0.15, -0.1) is 11.8 Å². The summed E-state index contributed by atoms with van der Waals surface area (Å²) in [7, 11) is 0. The summed E-state index contributed by atoms with van der Waals surface area (Å²) in [5.41, 5.74) is 0. The number of amides is 1. The summed E-state index contributed by atoms with van der Waals surface area (Å²) in [5.74, 6) is -0.181. The predicted molar refractivity (Wildman–Crippen MR) is 60.2 cm³/mol. The lowest BCUT2D eigenvalue weighted by molar-refractivity contribution is -0.147. The largest absolute Gasteiger partial charge is 0.480 e. The van der Waals surface area contributed by atoms with Gasteiger partial charge in [-0.25, -0.2) is 9.78 Å². The van der Waals surface area contributed by atoms with Crippen LogP contribution in [0.4, 0.5) is 0 Å². The quantitative estimate of drug-likeness (QED) is 0.792. The van der Waals surface area contributed by atoms with Crippen LogP contribution in [0.2, 0.25) is 0 Å². The van der Waals surface area contributed by atoms with Crippen LogP contribution >= 0.6 is 11.8 Å². The zero-order chi connectivity index (χ0) is 12.3. The molecule has 1 saturated heterocycles. The minimum absolute atomic E-state index is 0.155. The van der Waals surface area contributed by atoms with Gasteiger partial charge in [0.15, 0.2) is 0 Å². The van der Waals surface area contributed by atoms with Gasteiger partial charge in [-0.1, -0.05) is 0 Å². The SMILES string of the molecule is O=C(O)C1CSCN1C(=O)CCn1cncn1. The Kier molecular flexibility index (Phi) is 3.62. The van der Waals surface area contributed by atoms with Gasteiger partial charge in [0.1, 0.15) is 18.7 Å². The van der Waals surface area contributed by atoms with Crippen LogP contribution in [0.15, 0.2) is 12.7 Å². The lowest BCUT2D eigenvalue weighted by atomic mass is 10.2. The van der Waals surface area contributed by atoms with Crippen LogP contribution in [-0.2, 0) is 16.1 Å². The molecule has 8 heteroatoms. The van der Waals surface area contributed by atoms with Crippen LogP contribution in [0.5, 0.6) is 0 Å². The van der Waals surface area contributed by atoms with Crippen molar-refractivity contribution < 1.29 is 14.7 Å². The van der Waals surface area contributed by atoms with Gasteiger partial charge < -0.3 is 10.0 Å². The van der Waals surface area contributed by atoms with E-state index in [1.54, 1.807) is 4.68 Å². The molecule has 1 aromatic heterocycles. The second kappa shape index (κ2) is 5.17. The zero-order valence-electron chi connectivity index (χ0n) is 9.02. The number of carboxylic acid groups (broad SMARTS) is 1. The number of carbonyl (C=O) groups is 2. The van der Waals surface area contributed by atoms with Gasteiger partial charge >= 0.3 is 5.97 Å². The fourth-order valence-corrected chi connectivity index (χ4v) is 2.77. The molecule has 1 aromatic rings. The average Bonchev–Trinajstić information content (AvgIpc) is 2.96. The molecule has 0 saturated carbocycles. The second-order valence-corrected chi connectivity index (χ2v) is 4.63. The first-order valence-electron chi connectivity index (χ1n) is 5.11. The van der Waals surface area contributed by atoms with Gasteiger partial charge in [0.2, 0.25) is 5.91 Å². The van der Waals surface area contributed by atoms with Crippen LogP contribution < -0.4 is 0 Å². The van der Waals surface area contributed by atoms with Crippen molar-refractivity contribution in [3.63, 3.8) is 0 Å². The highest BCUT2D eigenvalue weighted by Crippen LogP contribution is 2.21. The standard InChI is InChI=1S/C9H12N4O3S/c14-8(1-2-12-5-10-4-11-12)13-6-17-3-7(13)9(15)16/h4-5,7H,1-3,6H2,(H,15,16). The molecule has 1 amide bonds. The van der Waals surface area contributed by atoms with Crippen molar-refractivity contribution in [3.05, 3.63) is 12.7 Å². The van der Waals surface area contributed by atoms with E-state index < -0.39 is 12.0 Å². The molecular weight excluding hydrogens is 244 g/mol. The Morgan fingerprint density at radius 3 is 3.00 bits per heavy atom. The lowest BCUT2D eigenvalue weighted by Gasteiger charge is -2.20. The van der Waals surface area contributed by atoms with Crippen molar-refractivity contribution in [3.8, 4) is 0 Å². The van der Waals surface area contributed by atoms with Crippen molar-refractivity contribution in [2.45, 2.75) is 19.0 Å². The molecule has 2 rings (SSSR count). The molecule has 92 valence electrons. The second-order valence-electron chi connectivity index (χ2n) is 3.63. The third-order valence-electron chi connectivity index (χ3n) is 2.51. The maximum Gasteiger partial charge on any atom is 0.327 e. The summed E-state index contributed by atoms with van der Waals surface area (Å²) in [6.45, 7) is 0.423. The fraction of sp³-hybridized carbons (Fsp3) is 0.556. The predicted octanol–water partition coefficient (Wildman–Crippen LogP) is -0.346. The number of aliphatic carboxylic acids is 1. The third-order valence-corrected chi connectivity index (χ3v) is 3.52. The minimum Gasteiger partial charge on any atom is -0.480 e. The molecular formula is C9H12N4O3S. The third kappa shape index (κ3) is 2.76. The molecule has 1 fully saturated rings. The molecule has 0 aromatic carbocycles. The fourth-order valence-electron chi connectivity index (χ4n) is 1.60. The molecule has 0 bridgehead atoms. The van der Waals surface area contributed by atoms with Crippen LogP contribution in [0.3, 0.4) is 0 Å². The molecule has 1 unspecified atom stereocenters. The van der Waals surface area contributed by atoms with E-state index in [0.717, 1.165) is 0 Å². The highest BCUT2D eigenvalue weighted by Gasteiger charge is 2.34. The van der Waals surface area contributed by atoms with Gasteiger partial charge in [0.05, 0.1) is 12.4 Å². The van der Waals surface area contributed by atoms with Crippen LogP contribution in [0.1, 0.15) is 6.42 Å². The number of thioether (sulfide) groups is 1. The van der Waals surface area contributed by atoms with E-state index in [2.05, 4.69) is 10.1 Å². The molecule has 17 heavy (non-hydrogen) atoms. The Hall–Kier alpha value is -1.57. The van der Waals surface area contributed by atoms with E-state index in [0.29, 0.717) is 18.2 Å². The van der Waals surface area contributed by atoms with Gasteiger partial charge in [-0.2, -0.15) is 5.10 Å². The van der Waals surface area contributed by atoms with Crippen LogP contribution in [0, 0.1) is 0 Å². The maximum absolute atomic E-state index is 11.8. The number of aryl methyl sites for hydroxylation is 1. The lowest BCUT2D eigenvalue weighted by Crippen LogP contribution is -2.42.